The minimum atomic E-state index is -0.901. The first kappa shape index (κ1) is 26.2. The summed E-state index contributed by atoms with van der Waals surface area (Å²) >= 11 is 0. The van der Waals surface area contributed by atoms with E-state index in [9.17, 15) is 14.7 Å². The van der Waals surface area contributed by atoms with Crippen LogP contribution in [0.25, 0.3) is 0 Å². The number of carbonyl (C=O) groups is 2. The Kier molecular flexibility index (Phi) is 8.06. The molecular weight excluding hydrogens is 400 g/mol. The van der Waals surface area contributed by atoms with Gasteiger partial charge in [-0.1, -0.05) is 73.4 Å². The lowest BCUT2D eigenvalue weighted by atomic mass is 9.78. The second-order valence-electron chi connectivity index (χ2n) is 11.7. The van der Waals surface area contributed by atoms with E-state index in [0.29, 0.717) is 25.0 Å². The van der Waals surface area contributed by atoms with Crippen LogP contribution in [0.4, 0.5) is 0 Å². The van der Waals surface area contributed by atoms with E-state index in [1.807, 2.05) is 26.0 Å². The average molecular weight is 445 g/mol. The molecular formula is C27H44N2O3. The fourth-order valence-corrected chi connectivity index (χ4v) is 4.33. The van der Waals surface area contributed by atoms with Crippen LogP contribution in [0.1, 0.15) is 111 Å². The molecule has 5 heteroatoms. The largest absolute Gasteiger partial charge is 0.507 e. The monoisotopic (exact) mass is 444 g/mol. The minimum Gasteiger partial charge on any atom is -0.507 e. The summed E-state index contributed by atoms with van der Waals surface area (Å²) in [7, 11) is 0. The summed E-state index contributed by atoms with van der Waals surface area (Å²) in [5.74, 6) is 0.133. The molecule has 2 rings (SSSR count). The summed E-state index contributed by atoms with van der Waals surface area (Å²) in [6, 6.07) is 4.27. The summed E-state index contributed by atoms with van der Waals surface area (Å²) < 4.78 is 0. The van der Waals surface area contributed by atoms with Gasteiger partial charge >= 0.3 is 0 Å². The van der Waals surface area contributed by atoms with Gasteiger partial charge in [0.2, 0.25) is 11.8 Å². The van der Waals surface area contributed by atoms with Crippen molar-refractivity contribution in [3.05, 3.63) is 28.8 Å². The first-order chi connectivity index (χ1) is 14.7. The van der Waals surface area contributed by atoms with Crippen LogP contribution in [0.15, 0.2) is 12.1 Å². The second kappa shape index (κ2) is 9.84. The lowest BCUT2D eigenvalue weighted by Gasteiger charge is -2.30. The van der Waals surface area contributed by atoms with Crippen molar-refractivity contribution in [2.45, 2.75) is 123 Å². The number of hydrogen-bond acceptors (Lipinski definition) is 3. The number of aromatic hydroxyl groups is 1. The molecule has 32 heavy (non-hydrogen) atoms. The fourth-order valence-electron chi connectivity index (χ4n) is 4.33. The maximum Gasteiger partial charge on any atom is 0.245 e. The molecule has 180 valence electrons. The number of phenols is 1. The lowest BCUT2D eigenvalue weighted by Crippen LogP contribution is -2.58. The molecule has 5 nitrogen and oxygen atoms in total. The van der Waals surface area contributed by atoms with E-state index < -0.39 is 5.54 Å². The number of benzene rings is 1. The maximum atomic E-state index is 12.9. The van der Waals surface area contributed by atoms with Gasteiger partial charge < -0.3 is 15.7 Å². The van der Waals surface area contributed by atoms with Crippen LogP contribution in [-0.4, -0.2) is 28.5 Å². The van der Waals surface area contributed by atoms with Gasteiger partial charge in [0.15, 0.2) is 0 Å². The number of nitrogens with one attached hydrogen (secondary N) is 2. The lowest BCUT2D eigenvalue weighted by molar-refractivity contribution is -0.133. The first-order valence-corrected chi connectivity index (χ1v) is 12.2. The van der Waals surface area contributed by atoms with Crippen LogP contribution < -0.4 is 10.6 Å². The summed E-state index contributed by atoms with van der Waals surface area (Å²) in [6.45, 7) is 16.2. The Balaban J connectivity index is 2.13. The van der Waals surface area contributed by atoms with Gasteiger partial charge in [0.05, 0.1) is 0 Å². The number of carbonyl (C=O) groups excluding carboxylic acids is 2. The highest BCUT2D eigenvalue weighted by Gasteiger charge is 2.34. The molecule has 0 bridgehead atoms. The van der Waals surface area contributed by atoms with Gasteiger partial charge in [-0.15, -0.1) is 0 Å². The Morgan fingerprint density at radius 3 is 1.91 bits per heavy atom. The third kappa shape index (κ3) is 6.49. The maximum absolute atomic E-state index is 12.9. The minimum absolute atomic E-state index is 0.0880. The van der Waals surface area contributed by atoms with Gasteiger partial charge in [0.25, 0.3) is 0 Å². The van der Waals surface area contributed by atoms with Gasteiger partial charge in [0.1, 0.15) is 11.3 Å². The SMILES string of the molecule is CC[C@@](C)(NC(=O)CCc1cc(C(C)(C)C)c(O)c(C(C)(C)C)c1)C(=O)NC1CCCC1. The van der Waals surface area contributed by atoms with Crippen LogP contribution in [0.3, 0.4) is 0 Å². The van der Waals surface area contributed by atoms with Gasteiger partial charge in [-0.25, -0.2) is 0 Å². The summed E-state index contributed by atoms with van der Waals surface area (Å²) in [6.07, 6.45) is 5.74. The molecule has 1 aliphatic carbocycles. The summed E-state index contributed by atoms with van der Waals surface area (Å²) in [4.78, 5) is 25.7. The van der Waals surface area contributed by atoms with Crippen molar-refractivity contribution in [3.63, 3.8) is 0 Å². The van der Waals surface area contributed by atoms with E-state index in [-0.39, 0.29) is 28.7 Å². The Bertz CT molecular complexity index is 791. The third-order valence-electron chi connectivity index (χ3n) is 6.74. The highest BCUT2D eigenvalue weighted by atomic mass is 16.3. The van der Waals surface area contributed by atoms with Crippen molar-refractivity contribution < 1.29 is 14.7 Å². The molecule has 0 heterocycles. The summed E-state index contributed by atoms with van der Waals surface area (Å²) in [5, 5.41) is 17.0. The molecule has 1 aromatic carbocycles. The number of rotatable bonds is 7. The molecule has 1 atom stereocenters. The Morgan fingerprint density at radius 2 is 1.47 bits per heavy atom. The molecule has 1 fully saturated rings. The molecule has 0 aromatic heterocycles. The zero-order valence-electron chi connectivity index (χ0n) is 21.4. The van der Waals surface area contributed by atoms with Gasteiger partial charge in [-0.05, 0) is 60.1 Å². The van der Waals surface area contributed by atoms with Crippen LogP contribution >= 0.6 is 0 Å². The molecule has 1 aliphatic rings. The predicted molar refractivity (Wildman–Crippen MR) is 131 cm³/mol. The Hall–Kier alpha value is -2.04. The molecule has 0 radical (unpaired) electrons. The van der Waals surface area contributed by atoms with E-state index in [2.05, 4.69) is 52.2 Å². The molecule has 2 amide bonds. The molecule has 0 aliphatic heterocycles. The van der Waals surface area contributed by atoms with E-state index in [1.165, 1.54) is 0 Å². The highest BCUT2D eigenvalue weighted by Crippen LogP contribution is 2.40. The van der Waals surface area contributed by atoms with Crippen LogP contribution in [0.5, 0.6) is 5.75 Å². The van der Waals surface area contributed by atoms with Crippen molar-refractivity contribution in [3.8, 4) is 5.75 Å². The smallest absolute Gasteiger partial charge is 0.245 e. The molecule has 0 spiro atoms. The molecule has 1 aromatic rings. The van der Waals surface area contributed by atoms with E-state index in [4.69, 9.17) is 0 Å². The van der Waals surface area contributed by atoms with Gasteiger partial charge in [-0.2, -0.15) is 0 Å². The zero-order valence-corrected chi connectivity index (χ0v) is 21.4. The van der Waals surface area contributed by atoms with Crippen molar-refractivity contribution in [1.82, 2.24) is 10.6 Å². The van der Waals surface area contributed by atoms with Gasteiger partial charge in [-0.3, -0.25) is 9.59 Å². The van der Waals surface area contributed by atoms with E-state index >= 15 is 0 Å². The molecule has 1 saturated carbocycles. The zero-order chi connectivity index (χ0) is 24.3. The average Bonchev–Trinajstić information content (AvgIpc) is 3.18. The summed E-state index contributed by atoms with van der Waals surface area (Å²) in [5.41, 5.74) is 1.51. The number of hydrogen-bond donors (Lipinski definition) is 3. The molecule has 0 unspecified atom stereocenters. The van der Waals surface area contributed by atoms with Crippen LogP contribution in [0.2, 0.25) is 0 Å². The number of phenolic OH excluding ortho intramolecular Hbond substituents is 1. The second-order valence-corrected chi connectivity index (χ2v) is 11.7. The standard InChI is InChI=1S/C27H44N2O3/c1-9-27(8,24(32)28-19-12-10-11-13-19)29-22(30)15-14-18-16-20(25(2,3)4)23(31)21(17-18)26(5,6)7/h16-17,19,31H,9-15H2,1-8H3,(H,28,32)(H,29,30)/t27-/m1/s1. The predicted octanol–water partition coefficient (Wildman–Crippen LogP) is 5.26. The van der Waals surface area contributed by atoms with Crippen molar-refractivity contribution in [1.29, 1.82) is 0 Å². The number of aryl methyl sites for hydroxylation is 1. The van der Waals surface area contributed by atoms with Crippen LogP contribution in [0, 0.1) is 0 Å². The Labute approximate surface area is 194 Å². The Morgan fingerprint density at radius 1 is 0.969 bits per heavy atom. The molecule has 0 saturated heterocycles. The van der Waals surface area contributed by atoms with Crippen LogP contribution in [-0.2, 0) is 26.8 Å². The van der Waals surface area contributed by atoms with Crippen molar-refractivity contribution in [2.24, 2.45) is 0 Å². The molecule has 3 N–H and O–H groups in total. The van der Waals surface area contributed by atoms with Crippen molar-refractivity contribution in [2.75, 3.05) is 0 Å². The first-order valence-electron chi connectivity index (χ1n) is 12.2. The quantitative estimate of drug-likeness (QED) is 0.536. The topological polar surface area (TPSA) is 78.4 Å². The van der Waals surface area contributed by atoms with Crippen molar-refractivity contribution >= 4 is 11.8 Å². The number of amides is 2. The fraction of sp³-hybridized carbons (Fsp3) is 0.704. The van der Waals surface area contributed by atoms with E-state index in [1.54, 1.807) is 0 Å². The highest BCUT2D eigenvalue weighted by molar-refractivity contribution is 5.91. The van der Waals surface area contributed by atoms with E-state index in [0.717, 1.165) is 42.4 Å². The normalized spacial score (nSPS) is 17.1. The van der Waals surface area contributed by atoms with Gasteiger partial charge in [0, 0.05) is 12.5 Å². The third-order valence-corrected chi connectivity index (χ3v) is 6.74.